The van der Waals surface area contributed by atoms with E-state index in [1.807, 2.05) is 6.07 Å². The van der Waals surface area contributed by atoms with Crippen molar-refractivity contribution in [2.24, 2.45) is 0 Å². The molecule has 0 bridgehead atoms. The van der Waals surface area contributed by atoms with Crippen LogP contribution in [0.3, 0.4) is 0 Å². The lowest BCUT2D eigenvalue weighted by molar-refractivity contribution is -0.113. The van der Waals surface area contributed by atoms with Gasteiger partial charge in [-0.2, -0.15) is 0 Å². The quantitative estimate of drug-likeness (QED) is 0.642. The predicted molar refractivity (Wildman–Crippen MR) is 103 cm³/mol. The second kappa shape index (κ2) is 8.45. The second-order valence-corrected chi connectivity index (χ2v) is 6.44. The minimum Gasteiger partial charge on any atom is -0.495 e. The summed E-state index contributed by atoms with van der Waals surface area (Å²) in [5, 5.41) is 2.62. The van der Waals surface area contributed by atoms with E-state index < -0.39 is 11.2 Å². The number of anilines is 1. The topological polar surface area (TPSA) is 106 Å². The summed E-state index contributed by atoms with van der Waals surface area (Å²) in [4.78, 5) is 38.6. The molecule has 2 aromatic heterocycles. The maximum Gasteiger partial charge on any atom is 0.334 e. The number of nitrogens with zero attached hydrogens (tertiary/aromatic N) is 1. The van der Waals surface area contributed by atoms with Gasteiger partial charge in [-0.1, -0.05) is 12.1 Å². The smallest absolute Gasteiger partial charge is 0.334 e. The molecule has 1 aromatic carbocycles. The maximum absolute atomic E-state index is 12.4. The SMILES string of the molecule is COc1ccccc1-n1c(NC(=O)CSCc2ccco2)cc(=O)[nH]c1=O. The number of carbonyl (C=O) groups is 1. The normalized spacial score (nSPS) is 10.6. The summed E-state index contributed by atoms with van der Waals surface area (Å²) in [6, 6.07) is 11.6. The number of benzene rings is 1. The molecular weight excluding hydrogens is 370 g/mol. The lowest BCUT2D eigenvalue weighted by atomic mass is 10.3. The van der Waals surface area contributed by atoms with Crippen molar-refractivity contribution in [3.05, 3.63) is 75.3 Å². The van der Waals surface area contributed by atoms with E-state index in [-0.39, 0.29) is 17.5 Å². The van der Waals surface area contributed by atoms with E-state index in [9.17, 15) is 14.4 Å². The van der Waals surface area contributed by atoms with Crippen molar-refractivity contribution in [2.45, 2.75) is 5.75 Å². The molecular formula is C18H17N3O5S. The number of ether oxygens (including phenoxy) is 1. The summed E-state index contributed by atoms with van der Waals surface area (Å²) in [5.74, 6) is 1.57. The van der Waals surface area contributed by atoms with E-state index in [4.69, 9.17) is 9.15 Å². The molecule has 0 unspecified atom stereocenters. The highest BCUT2D eigenvalue weighted by Crippen LogP contribution is 2.23. The Bertz CT molecular complexity index is 1040. The number of thioether (sulfide) groups is 1. The Hall–Kier alpha value is -3.20. The first-order valence-electron chi connectivity index (χ1n) is 7.98. The number of furan rings is 1. The van der Waals surface area contributed by atoms with E-state index in [0.717, 1.165) is 11.8 Å². The van der Waals surface area contributed by atoms with Gasteiger partial charge in [0.1, 0.15) is 17.3 Å². The molecule has 0 aliphatic rings. The van der Waals surface area contributed by atoms with Crippen molar-refractivity contribution in [1.29, 1.82) is 0 Å². The molecule has 0 radical (unpaired) electrons. The van der Waals surface area contributed by atoms with Crippen LogP contribution in [-0.4, -0.2) is 28.3 Å². The average molecular weight is 387 g/mol. The molecule has 0 fully saturated rings. The molecule has 0 spiro atoms. The van der Waals surface area contributed by atoms with Crippen LogP contribution in [0.2, 0.25) is 0 Å². The number of hydrogen-bond acceptors (Lipinski definition) is 6. The van der Waals surface area contributed by atoms with Gasteiger partial charge in [0.2, 0.25) is 5.91 Å². The number of nitrogens with one attached hydrogen (secondary N) is 2. The molecule has 0 saturated heterocycles. The molecule has 3 rings (SSSR count). The zero-order valence-corrected chi connectivity index (χ0v) is 15.2. The Morgan fingerprint density at radius 2 is 2.07 bits per heavy atom. The van der Waals surface area contributed by atoms with Crippen molar-refractivity contribution in [2.75, 3.05) is 18.2 Å². The summed E-state index contributed by atoms with van der Waals surface area (Å²) in [6.07, 6.45) is 1.57. The third-order valence-electron chi connectivity index (χ3n) is 3.59. The van der Waals surface area contributed by atoms with Gasteiger partial charge < -0.3 is 14.5 Å². The van der Waals surface area contributed by atoms with Crippen molar-refractivity contribution in [3.8, 4) is 11.4 Å². The van der Waals surface area contributed by atoms with Gasteiger partial charge in [-0.25, -0.2) is 9.36 Å². The lowest BCUT2D eigenvalue weighted by Gasteiger charge is -2.15. The Morgan fingerprint density at radius 1 is 1.26 bits per heavy atom. The van der Waals surface area contributed by atoms with Gasteiger partial charge in [0.05, 0.1) is 30.6 Å². The first-order valence-corrected chi connectivity index (χ1v) is 9.13. The van der Waals surface area contributed by atoms with Crippen LogP contribution >= 0.6 is 11.8 Å². The van der Waals surface area contributed by atoms with E-state index in [0.29, 0.717) is 17.2 Å². The molecule has 0 saturated carbocycles. The number of carbonyl (C=O) groups excluding carboxylic acids is 1. The molecule has 2 N–H and O–H groups in total. The first kappa shape index (κ1) is 18.6. The molecule has 2 heterocycles. The fraction of sp³-hybridized carbons (Fsp3) is 0.167. The highest BCUT2D eigenvalue weighted by atomic mass is 32.2. The number of hydrogen-bond donors (Lipinski definition) is 2. The van der Waals surface area contributed by atoms with Crippen LogP contribution in [0.4, 0.5) is 5.82 Å². The molecule has 0 aliphatic heterocycles. The average Bonchev–Trinajstić information content (AvgIpc) is 3.15. The zero-order valence-electron chi connectivity index (χ0n) is 14.4. The maximum atomic E-state index is 12.4. The standard InChI is InChI=1S/C18H17N3O5S/c1-25-14-7-3-2-6-13(14)21-15(9-16(22)20-18(21)24)19-17(23)11-27-10-12-5-4-8-26-12/h2-9H,10-11H2,1H3,(H,19,23)(H,20,22,24). The number of aromatic nitrogens is 2. The van der Waals surface area contributed by atoms with Gasteiger partial charge in [0, 0.05) is 6.07 Å². The highest BCUT2D eigenvalue weighted by Gasteiger charge is 2.14. The van der Waals surface area contributed by atoms with E-state index in [1.165, 1.54) is 23.4 Å². The van der Waals surface area contributed by atoms with Crippen LogP contribution < -0.4 is 21.3 Å². The van der Waals surface area contributed by atoms with E-state index >= 15 is 0 Å². The molecule has 0 aliphatic carbocycles. The Morgan fingerprint density at radius 3 is 2.81 bits per heavy atom. The molecule has 1 amide bonds. The third-order valence-corrected chi connectivity index (χ3v) is 4.55. The van der Waals surface area contributed by atoms with E-state index in [2.05, 4.69) is 10.3 Å². The Kier molecular flexibility index (Phi) is 5.82. The monoisotopic (exact) mass is 387 g/mol. The molecule has 9 heteroatoms. The summed E-state index contributed by atoms with van der Waals surface area (Å²) < 4.78 is 11.7. The van der Waals surface area contributed by atoms with Gasteiger partial charge in [0.15, 0.2) is 0 Å². The zero-order chi connectivity index (χ0) is 19.2. The summed E-state index contributed by atoms with van der Waals surface area (Å²) >= 11 is 1.35. The lowest BCUT2D eigenvalue weighted by Crippen LogP contribution is -2.32. The van der Waals surface area contributed by atoms with Gasteiger partial charge in [0.25, 0.3) is 5.56 Å². The Balaban J connectivity index is 1.83. The van der Waals surface area contributed by atoms with Crippen LogP contribution in [0, 0.1) is 0 Å². The number of aromatic amines is 1. The van der Waals surface area contributed by atoms with Crippen molar-refractivity contribution >= 4 is 23.5 Å². The van der Waals surface area contributed by atoms with Gasteiger partial charge in [-0.05, 0) is 24.3 Å². The number of rotatable bonds is 7. The minimum atomic E-state index is -0.675. The number of H-pyrrole nitrogens is 1. The van der Waals surface area contributed by atoms with Crippen molar-refractivity contribution < 1.29 is 13.9 Å². The Labute approximate surface area is 158 Å². The van der Waals surface area contributed by atoms with Crippen LogP contribution in [0.1, 0.15) is 5.76 Å². The summed E-state index contributed by atoms with van der Waals surface area (Å²) in [5.41, 5.74) is -0.880. The molecule has 140 valence electrons. The second-order valence-electron chi connectivity index (χ2n) is 5.45. The molecule has 3 aromatic rings. The third kappa shape index (κ3) is 4.50. The fourth-order valence-corrected chi connectivity index (χ4v) is 3.18. The number of para-hydroxylation sites is 2. The van der Waals surface area contributed by atoms with Crippen LogP contribution in [-0.2, 0) is 10.5 Å². The summed E-state index contributed by atoms with van der Waals surface area (Å²) in [6.45, 7) is 0. The van der Waals surface area contributed by atoms with Crippen molar-refractivity contribution in [1.82, 2.24) is 9.55 Å². The summed E-state index contributed by atoms with van der Waals surface area (Å²) in [7, 11) is 1.47. The highest BCUT2D eigenvalue weighted by molar-refractivity contribution is 7.99. The number of methoxy groups -OCH3 is 1. The minimum absolute atomic E-state index is 0.0665. The first-order chi connectivity index (χ1) is 13.1. The van der Waals surface area contributed by atoms with Gasteiger partial charge in [-0.15, -0.1) is 11.8 Å². The fourth-order valence-electron chi connectivity index (χ4n) is 2.46. The van der Waals surface area contributed by atoms with E-state index in [1.54, 1.807) is 36.6 Å². The van der Waals surface area contributed by atoms with Crippen molar-refractivity contribution in [3.63, 3.8) is 0 Å². The van der Waals surface area contributed by atoms with Crippen LogP contribution in [0.5, 0.6) is 5.75 Å². The molecule has 27 heavy (non-hydrogen) atoms. The largest absolute Gasteiger partial charge is 0.495 e. The molecule has 0 atom stereocenters. The number of amides is 1. The predicted octanol–water partition coefficient (Wildman–Crippen LogP) is 2.00. The van der Waals surface area contributed by atoms with Crippen LogP contribution in [0.15, 0.2) is 62.7 Å². The van der Waals surface area contributed by atoms with Gasteiger partial charge in [-0.3, -0.25) is 14.6 Å². The van der Waals surface area contributed by atoms with Crippen LogP contribution in [0.25, 0.3) is 5.69 Å². The molecule has 8 nitrogen and oxygen atoms in total. The van der Waals surface area contributed by atoms with Gasteiger partial charge >= 0.3 is 5.69 Å².